The van der Waals surface area contributed by atoms with Crippen LogP contribution in [0, 0.1) is 0 Å². The van der Waals surface area contributed by atoms with Crippen LogP contribution in [0.5, 0.6) is 0 Å². The van der Waals surface area contributed by atoms with Gasteiger partial charge in [0.15, 0.2) is 0 Å². The summed E-state index contributed by atoms with van der Waals surface area (Å²) in [5.74, 6) is 0. The molecule has 1 aromatic carbocycles. The summed E-state index contributed by atoms with van der Waals surface area (Å²) < 4.78 is 1.94. The average Bonchev–Trinajstić information content (AvgIpc) is 3.01. The van der Waals surface area contributed by atoms with Crippen molar-refractivity contribution in [2.24, 2.45) is 0 Å². The van der Waals surface area contributed by atoms with Crippen molar-refractivity contribution in [3.05, 3.63) is 63.7 Å². The zero-order chi connectivity index (χ0) is 14.7. The Morgan fingerprint density at radius 2 is 1.90 bits per heavy atom. The Kier molecular flexibility index (Phi) is 4.36. The summed E-state index contributed by atoms with van der Waals surface area (Å²) in [5, 5.41) is 3.36. The molecule has 2 N–H and O–H groups in total. The molecule has 2 aromatic heterocycles. The van der Waals surface area contributed by atoms with Crippen LogP contribution in [0.15, 0.2) is 58.0 Å². The second-order valence-electron chi connectivity index (χ2n) is 4.48. The number of pyridine rings is 1. The van der Waals surface area contributed by atoms with E-state index in [1.165, 1.54) is 0 Å². The molecule has 0 fully saturated rings. The minimum absolute atomic E-state index is 0.664. The van der Waals surface area contributed by atoms with E-state index in [1.54, 1.807) is 12.5 Å². The molecule has 0 radical (unpaired) electrons. The van der Waals surface area contributed by atoms with E-state index < -0.39 is 0 Å². The molecule has 0 aliphatic rings. The highest BCUT2D eigenvalue weighted by Gasteiger charge is 2.03. The third-order valence-electron chi connectivity index (χ3n) is 3.04. The van der Waals surface area contributed by atoms with Crippen molar-refractivity contribution >= 4 is 37.5 Å². The molecule has 0 aliphatic carbocycles. The summed E-state index contributed by atoms with van der Waals surface area (Å²) >= 11 is 6.91. The molecule has 3 aromatic rings. The van der Waals surface area contributed by atoms with E-state index in [2.05, 4.69) is 64.3 Å². The fourth-order valence-corrected chi connectivity index (χ4v) is 3.07. The van der Waals surface area contributed by atoms with E-state index in [-0.39, 0.29) is 0 Å². The van der Waals surface area contributed by atoms with Gasteiger partial charge in [0, 0.05) is 20.8 Å². The lowest BCUT2D eigenvalue weighted by atomic mass is 10.1. The molecule has 2 heterocycles. The molecule has 0 unspecified atom stereocenters. The predicted octanol–water partition coefficient (Wildman–Crippen LogP) is 4.61. The van der Waals surface area contributed by atoms with E-state index >= 15 is 0 Å². The van der Waals surface area contributed by atoms with Gasteiger partial charge < -0.3 is 10.3 Å². The maximum absolute atomic E-state index is 4.38. The molecule has 4 nitrogen and oxygen atoms in total. The summed E-state index contributed by atoms with van der Waals surface area (Å²) in [5.41, 5.74) is 4.14. The third kappa shape index (κ3) is 3.51. The van der Waals surface area contributed by atoms with Crippen molar-refractivity contribution in [1.82, 2.24) is 15.0 Å². The van der Waals surface area contributed by atoms with Crippen LogP contribution in [-0.2, 0) is 6.54 Å². The molecule has 0 amide bonds. The Balaban J connectivity index is 1.68. The second kappa shape index (κ2) is 6.41. The minimum Gasteiger partial charge on any atom is -0.379 e. The molecule has 0 atom stereocenters. The van der Waals surface area contributed by atoms with E-state index in [0.717, 1.165) is 31.6 Å². The number of aromatic amines is 1. The van der Waals surface area contributed by atoms with E-state index in [9.17, 15) is 0 Å². The fraction of sp³-hybridized carbons (Fsp3) is 0.0667. The van der Waals surface area contributed by atoms with Crippen LogP contribution < -0.4 is 5.32 Å². The van der Waals surface area contributed by atoms with Crippen molar-refractivity contribution < 1.29 is 0 Å². The first-order valence-electron chi connectivity index (χ1n) is 6.35. The Bertz CT molecular complexity index is 724. The van der Waals surface area contributed by atoms with Crippen molar-refractivity contribution in [2.45, 2.75) is 6.54 Å². The Labute approximate surface area is 139 Å². The van der Waals surface area contributed by atoms with Gasteiger partial charge in [-0.3, -0.25) is 4.98 Å². The Morgan fingerprint density at radius 1 is 1.10 bits per heavy atom. The van der Waals surface area contributed by atoms with Crippen LogP contribution in [0.1, 0.15) is 5.69 Å². The molecule has 0 spiro atoms. The summed E-state index contributed by atoms with van der Waals surface area (Å²) in [7, 11) is 0. The highest BCUT2D eigenvalue weighted by Crippen LogP contribution is 2.22. The number of anilines is 1. The molecule has 0 aliphatic heterocycles. The molecule has 6 heteroatoms. The monoisotopic (exact) mass is 406 g/mol. The maximum atomic E-state index is 4.38. The largest absolute Gasteiger partial charge is 0.379 e. The van der Waals surface area contributed by atoms with Crippen LogP contribution in [0.3, 0.4) is 0 Å². The lowest BCUT2D eigenvalue weighted by Gasteiger charge is -2.08. The normalized spacial score (nSPS) is 10.6. The smallest absolute Gasteiger partial charge is 0.0924 e. The first kappa shape index (κ1) is 14.3. The van der Waals surface area contributed by atoms with Gasteiger partial charge in [-0.2, -0.15) is 0 Å². The van der Waals surface area contributed by atoms with Gasteiger partial charge in [0.2, 0.25) is 0 Å². The quantitative estimate of drug-likeness (QED) is 0.663. The summed E-state index contributed by atoms with van der Waals surface area (Å²) in [6, 6.07) is 10.2. The third-order valence-corrected chi connectivity index (χ3v) is 4.16. The summed E-state index contributed by atoms with van der Waals surface area (Å²) in [4.78, 5) is 11.5. The number of benzene rings is 1. The SMILES string of the molecule is Brc1cnc(CNc2ccc(-c3cnc[nH]3)cc2)c(Br)c1. The number of H-pyrrole nitrogens is 1. The van der Waals surface area contributed by atoms with Crippen molar-refractivity contribution in [2.75, 3.05) is 5.32 Å². The van der Waals surface area contributed by atoms with E-state index in [0.29, 0.717) is 6.54 Å². The van der Waals surface area contributed by atoms with Crippen LogP contribution in [0.25, 0.3) is 11.3 Å². The number of nitrogens with zero attached hydrogens (tertiary/aromatic N) is 2. The topological polar surface area (TPSA) is 53.6 Å². The van der Waals surface area contributed by atoms with Crippen molar-refractivity contribution in [1.29, 1.82) is 0 Å². The zero-order valence-corrected chi connectivity index (χ0v) is 14.1. The zero-order valence-electron chi connectivity index (χ0n) is 11.0. The van der Waals surface area contributed by atoms with Gasteiger partial charge in [0.05, 0.1) is 30.5 Å². The molecular formula is C15H12Br2N4. The fourth-order valence-electron chi connectivity index (χ4n) is 1.94. The standard InChI is InChI=1S/C15H12Br2N4/c16-11-5-13(17)15(20-6-11)8-19-12-3-1-10(2-4-12)14-7-18-9-21-14/h1-7,9,19H,8H2,(H,18,21). The number of imidazole rings is 1. The minimum atomic E-state index is 0.664. The number of hydrogen-bond donors (Lipinski definition) is 2. The highest BCUT2D eigenvalue weighted by molar-refractivity contribution is 9.11. The molecule has 0 bridgehead atoms. The van der Waals surface area contributed by atoms with Gasteiger partial charge in [-0.1, -0.05) is 12.1 Å². The second-order valence-corrected chi connectivity index (χ2v) is 6.25. The van der Waals surface area contributed by atoms with Gasteiger partial charge >= 0.3 is 0 Å². The van der Waals surface area contributed by atoms with Gasteiger partial charge in [-0.15, -0.1) is 0 Å². The molecule has 21 heavy (non-hydrogen) atoms. The van der Waals surface area contributed by atoms with Gasteiger partial charge in [0.25, 0.3) is 0 Å². The number of rotatable bonds is 4. The molecule has 106 valence electrons. The molecule has 3 rings (SSSR count). The van der Waals surface area contributed by atoms with Crippen LogP contribution in [0.2, 0.25) is 0 Å². The number of hydrogen-bond acceptors (Lipinski definition) is 3. The van der Waals surface area contributed by atoms with E-state index in [1.807, 2.05) is 24.4 Å². The highest BCUT2D eigenvalue weighted by atomic mass is 79.9. The molecule has 0 saturated carbocycles. The summed E-state index contributed by atoms with van der Waals surface area (Å²) in [6.07, 6.45) is 5.28. The molecule has 0 saturated heterocycles. The van der Waals surface area contributed by atoms with Crippen LogP contribution in [0.4, 0.5) is 5.69 Å². The Morgan fingerprint density at radius 3 is 2.57 bits per heavy atom. The first-order valence-corrected chi connectivity index (χ1v) is 7.93. The van der Waals surface area contributed by atoms with Gasteiger partial charge in [-0.25, -0.2) is 4.98 Å². The lowest BCUT2D eigenvalue weighted by molar-refractivity contribution is 1.03. The van der Waals surface area contributed by atoms with Crippen LogP contribution >= 0.6 is 31.9 Å². The van der Waals surface area contributed by atoms with Crippen molar-refractivity contribution in [3.8, 4) is 11.3 Å². The average molecular weight is 408 g/mol. The van der Waals surface area contributed by atoms with Crippen molar-refractivity contribution in [3.63, 3.8) is 0 Å². The van der Waals surface area contributed by atoms with Gasteiger partial charge in [-0.05, 0) is 55.6 Å². The summed E-state index contributed by atoms with van der Waals surface area (Å²) in [6.45, 7) is 0.664. The van der Waals surface area contributed by atoms with Crippen LogP contribution in [-0.4, -0.2) is 15.0 Å². The number of nitrogens with one attached hydrogen (secondary N) is 2. The van der Waals surface area contributed by atoms with Gasteiger partial charge in [0.1, 0.15) is 0 Å². The first-order chi connectivity index (χ1) is 10.2. The lowest BCUT2D eigenvalue weighted by Crippen LogP contribution is -2.02. The maximum Gasteiger partial charge on any atom is 0.0924 e. The number of aromatic nitrogens is 3. The van der Waals surface area contributed by atoms with E-state index in [4.69, 9.17) is 0 Å². The Hall–Kier alpha value is -1.66. The molecular weight excluding hydrogens is 396 g/mol. The number of halogens is 2. The predicted molar refractivity (Wildman–Crippen MR) is 91.0 cm³/mol.